The fraction of sp³-hybridized carbons (Fsp3) is 0.545. The maximum absolute atomic E-state index is 12.7. The van der Waals surface area contributed by atoms with E-state index in [1.165, 1.54) is 19.3 Å². The van der Waals surface area contributed by atoms with Crippen LogP contribution in [-0.4, -0.2) is 76.4 Å². The van der Waals surface area contributed by atoms with E-state index in [1.54, 1.807) is 0 Å². The van der Waals surface area contributed by atoms with Gasteiger partial charge in [-0.1, -0.05) is 36.8 Å². The van der Waals surface area contributed by atoms with Crippen LogP contribution in [0.3, 0.4) is 0 Å². The normalized spacial score (nSPS) is 19.5. The van der Waals surface area contributed by atoms with Gasteiger partial charge in [0.2, 0.25) is 5.91 Å². The summed E-state index contributed by atoms with van der Waals surface area (Å²) in [5, 5.41) is 0. The SMILES string of the molecule is O=C(CN1CCCCC1)N1CCCN(Cc2cnc(-c3ccccc3)[nH]2)CC1. The molecule has 0 unspecified atom stereocenters. The van der Waals surface area contributed by atoms with E-state index in [1.807, 2.05) is 24.4 Å². The van der Waals surface area contributed by atoms with Gasteiger partial charge < -0.3 is 9.88 Å². The van der Waals surface area contributed by atoms with Crippen molar-refractivity contribution >= 4 is 5.91 Å². The molecule has 6 nitrogen and oxygen atoms in total. The zero-order valence-corrected chi connectivity index (χ0v) is 16.6. The van der Waals surface area contributed by atoms with Crippen LogP contribution in [0.4, 0.5) is 0 Å². The van der Waals surface area contributed by atoms with Crippen LogP contribution in [0.25, 0.3) is 11.4 Å². The molecule has 2 fully saturated rings. The molecular weight excluding hydrogens is 350 g/mol. The molecule has 0 aliphatic carbocycles. The van der Waals surface area contributed by atoms with Gasteiger partial charge in [0.15, 0.2) is 0 Å². The van der Waals surface area contributed by atoms with Crippen molar-refractivity contribution in [2.45, 2.75) is 32.2 Å². The summed E-state index contributed by atoms with van der Waals surface area (Å²) in [6.07, 6.45) is 6.74. The number of carbonyl (C=O) groups excluding carboxylic acids is 1. The Morgan fingerprint density at radius 3 is 2.50 bits per heavy atom. The highest BCUT2D eigenvalue weighted by atomic mass is 16.2. The minimum absolute atomic E-state index is 0.302. The highest BCUT2D eigenvalue weighted by molar-refractivity contribution is 5.78. The molecule has 0 radical (unpaired) electrons. The van der Waals surface area contributed by atoms with Crippen molar-refractivity contribution in [2.75, 3.05) is 45.8 Å². The van der Waals surface area contributed by atoms with Crippen molar-refractivity contribution < 1.29 is 4.79 Å². The summed E-state index contributed by atoms with van der Waals surface area (Å²) < 4.78 is 0. The topological polar surface area (TPSA) is 55.5 Å². The van der Waals surface area contributed by atoms with E-state index in [0.717, 1.165) is 69.3 Å². The monoisotopic (exact) mass is 381 g/mol. The summed E-state index contributed by atoms with van der Waals surface area (Å²) in [6.45, 7) is 7.26. The first kappa shape index (κ1) is 19.2. The lowest BCUT2D eigenvalue weighted by molar-refractivity contribution is -0.132. The lowest BCUT2D eigenvalue weighted by Crippen LogP contribution is -2.43. The highest BCUT2D eigenvalue weighted by Crippen LogP contribution is 2.16. The molecule has 0 spiro atoms. The van der Waals surface area contributed by atoms with Crippen LogP contribution in [0, 0.1) is 0 Å². The number of likely N-dealkylation sites (tertiary alicyclic amines) is 1. The second-order valence-corrected chi connectivity index (χ2v) is 7.97. The Morgan fingerprint density at radius 1 is 0.893 bits per heavy atom. The molecule has 1 amide bonds. The Morgan fingerprint density at radius 2 is 1.68 bits per heavy atom. The fourth-order valence-electron chi connectivity index (χ4n) is 4.21. The van der Waals surface area contributed by atoms with Gasteiger partial charge in [-0.3, -0.25) is 14.6 Å². The molecule has 4 rings (SSSR count). The van der Waals surface area contributed by atoms with E-state index < -0.39 is 0 Å². The molecule has 1 N–H and O–H groups in total. The minimum atomic E-state index is 0.302. The summed E-state index contributed by atoms with van der Waals surface area (Å²) in [4.78, 5) is 27.5. The van der Waals surface area contributed by atoms with Gasteiger partial charge in [-0.25, -0.2) is 4.98 Å². The van der Waals surface area contributed by atoms with E-state index >= 15 is 0 Å². The molecule has 3 heterocycles. The molecule has 1 aromatic carbocycles. The molecule has 2 aliphatic heterocycles. The predicted octanol–water partition coefficient (Wildman–Crippen LogP) is 2.60. The smallest absolute Gasteiger partial charge is 0.236 e. The number of nitrogens with one attached hydrogen (secondary N) is 1. The summed E-state index contributed by atoms with van der Waals surface area (Å²) >= 11 is 0. The Balaban J connectivity index is 1.28. The zero-order valence-electron chi connectivity index (χ0n) is 16.6. The third-order valence-corrected chi connectivity index (χ3v) is 5.82. The number of aromatic nitrogens is 2. The van der Waals surface area contributed by atoms with Gasteiger partial charge in [-0.2, -0.15) is 0 Å². The van der Waals surface area contributed by atoms with Gasteiger partial charge in [0.05, 0.1) is 6.54 Å². The molecule has 2 aliphatic rings. The average Bonchev–Trinajstić information content (AvgIpc) is 3.07. The van der Waals surface area contributed by atoms with Gasteiger partial charge in [-0.05, 0) is 32.4 Å². The first-order valence-corrected chi connectivity index (χ1v) is 10.6. The van der Waals surface area contributed by atoms with Crippen molar-refractivity contribution in [3.8, 4) is 11.4 Å². The van der Waals surface area contributed by atoms with Crippen LogP contribution in [0.5, 0.6) is 0 Å². The molecule has 2 saturated heterocycles. The average molecular weight is 382 g/mol. The molecule has 1 aromatic heterocycles. The first-order chi connectivity index (χ1) is 13.8. The van der Waals surface area contributed by atoms with E-state index in [4.69, 9.17) is 0 Å². The van der Waals surface area contributed by atoms with Crippen LogP contribution in [0.15, 0.2) is 36.5 Å². The lowest BCUT2D eigenvalue weighted by atomic mass is 10.1. The minimum Gasteiger partial charge on any atom is -0.341 e. The van der Waals surface area contributed by atoms with E-state index in [-0.39, 0.29) is 0 Å². The molecule has 2 aromatic rings. The lowest BCUT2D eigenvalue weighted by Gasteiger charge is -2.29. The summed E-state index contributed by atoms with van der Waals surface area (Å²) in [5.41, 5.74) is 2.24. The summed E-state index contributed by atoms with van der Waals surface area (Å²) in [6, 6.07) is 10.2. The second-order valence-electron chi connectivity index (χ2n) is 7.97. The number of H-pyrrole nitrogens is 1. The molecule has 0 saturated carbocycles. The maximum Gasteiger partial charge on any atom is 0.236 e. The standard InChI is InChI=1S/C22H31N5O/c28-21(18-25-10-5-2-6-11-25)27-13-7-12-26(14-15-27)17-20-16-23-22(24-20)19-8-3-1-4-9-19/h1,3-4,8-9,16H,2,5-7,10-15,17-18H2,(H,23,24). The number of carbonyl (C=O) groups is 1. The predicted molar refractivity (Wildman–Crippen MR) is 111 cm³/mol. The number of nitrogens with zero attached hydrogens (tertiary/aromatic N) is 4. The number of piperidine rings is 1. The van der Waals surface area contributed by atoms with Crippen molar-refractivity contribution in [1.29, 1.82) is 0 Å². The number of rotatable bonds is 5. The Kier molecular flexibility index (Phi) is 6.39. The van der Waals surface area contributed by atoms with Crippen molar-refractivity contribution in [3.63, 3.8) is 0 Å². The van der Waals surface area contributed by atoms with Gasteiger partial charge in [0.25, 0.3) is 0 Å². The van der Waals surface area contributed by atoms with Crippen LogP contribution in [-0.2, 0) is 11.3 Å². The van der Waals surface area contributed by atoms with Crippen LogP contribution >= 0.6 is 0 Å². The zero-order chi connectivity index (χ0) is 19.2. The molecule has 0 bridgehead atoms. The quantitative estimate of drug-likeness (QED) is 0.865. The number of amides is 1. The van der Waals surface area contributed by atoms with Gasteiger partial charge >= 0.3 is 0 Å². The van der Waals surface area contributed by atoms with Crippen molar-refractivity contribution in [3.05, 3.63) is 42.2 Å². The molecule has 6 heteroatoms. The third-order valence-electron chi connectivity index (χ3n) is 5.82. The van der Waals surface area contributed by atoms with Gasteiger partial charge in [0, 0.05) is 50.2 Å². The van der Waals surface area contributed by atoms with Gasteiger partial charge in [-0.15, -0.1) is 0 Å². The number of hydrogen-bond acceptors (Lipinski definition) is 4. The Bertz CT molecular complexity index is 753. The third kappa shape index (κ3) is 5.00. The van der Waals surface area contributed by atoms with Crippen LogP contribution < -0.4 is 0 Å². The summed E-state index contributed by atoms with van der Waals surface area (Å²) in [5.74, 6) is 1.22. The fourth-order valence-corrected chi connectivity index (χ4v) is 4.21. The van der Waals surface area contributed by atoms with Crippen molar-refractivity contribution in [1.82, 2.24) is 24.7 Å². The maximum atomic E-state index is 12.7. The largest absolute Gasteiger partial charge is 0.341 e. The summed E-state index contributed by atoms with van der Waals surface area (Å²) in [7, 11) is 0. The molecular formula is C22H31N5O. The van der Waals surface area contributed by atoms with Crippen LogP contribution in [0.1, 0.15) is 31.4 Å². The first-order valence-electron chi connectivity index (χ1n) is 10.6. The number of hydrogen-bond donors (Lipinski definition) is 1. The molecule has 0 atom stereocenters. The highest BCUT2D eigenvalue weighted by Gasteiger charge is 2.22. The van der Waals surface area contributed by atoms with Gasteiger partial charge in [0.1, 0.15) is 5.82 Å². The Labute approximate surface area is 167 Å². The number of aromatic amines is 1. The van der Waals surface area contributed by atoms with Crippen molar-refractivity contribution in [2.24, 2.45) is 0 Å². The molecule has 150 valence electrons. The van der Waals surface area contributed by atoms with Crippen LogP contribution in [0.2, 0.25) is 0 Å². The number of benzene rings is 1. The van der Waals surface area contributed by atoms with E-state index in [9.17, 15) is 4.79 Å². The molecule has 28 heavy (non-hydrogen) atoms. The van der Waals surface area contributed by atoms with E-state index in [2.05, 4.69) is 36.8 Å². The van der Waals surface area contributed by atoms with E-state index in [0.29, 0.717) is 12.5 Å². The second kappa shape index (κ2) is 9.34. The number of imidazole rings is 1. The Hall–Kier alpha value is -2.18.